The summed E-state index contributed by atoms with van der Waals surface area (Å²) in [4.78, 5) is 0. The molecule has 2 aromatic rings. The molecule has 0 aliphatic rings. The summed E-state index contributed by atoms with van der Waals surface area (Å²) in [6, 6.07) is 16.2. The fourth-order valence-corrected chi connectivity index (χ4v) is 4.10. The van der Waals surface area contributed by atoms with E-state index in [1.54, 1.807) is 22.1 Å². The topological polar surface area (TPSA) is 0 Å². The lowest BCUT2D eigenvalue weighted by molar-refractivity contribution is 0.877. The van der Waals surface area contributed by atoms with E-state index in [-0.39, 0.29) is 0 Å². The first-order valence-electron chi connectivity index (χ1n) is 9.66. The largest absolute Gasteiger partial charge is 0.208 e. The second-order valence-electron chi connectivity index (χ2n) is 6.82. The van der Waals surface area contributed by atoms with Crippen LogP contribution >= 0.6 is 0 Å². The molecular weight excluding hydrogens is 275 g/mol. The van der Waals surface area contributed by atoms with Crippen molar-refractivity contribution in [1.82, 2.24) is 0 Å². The standard InChI is InChI=1S/C22H32B/c1-5-9-15-23(21-13-11-10-12-14-21)22-19(7-3)16-18(6-2)17-20(22)8-4/h10-14,16-17,23H,5-9,15H2,1-4H3/q-1. The molecule has 0 heterocycles. The zero-order valence-electron chi connectivity index (χ0n) is 15.5. The van der Waals surface area contributed by atoms with E-state index in [1.165, 1.54) is 24.7 Å². The van der Waals surface area contributed by atoms with Crippen molar-refractivity contribution in [3.05, 3.63) is 59.2 Å². The number of benzene rings is 2. The molecule has 0 fully saturated rings. The van der Waals surface area contributed by atoms with Crippen LogP contribution in [0, 0.1) is 0 Å². The summed E-state index contributed by atoms with van der Waals surface area (Å²) in [6.07, 6.45) is 7.40. The normalized spacial score (nSPS) is 12.3. The minimum atomic E-state index is -0.449. The van der Waals surface area contributed by atoms with E-state index >= 15 is 0 Å². The number of hydrogen-bond acceptors (Lipinski definition) is 0. The number of unbranched alkanes of at least 4 members (excludes halogenated alkanes) is 1. The van der Waals surface area contributed by atoms with Gasteiger partial charge < -0.3 is 0 Å². The van der Waals surface area contributed by atoms with Crippen molar-refractivity contribution < 1.29 is 0 Å². The molecule has 124 valence electrons. The minimum Gasteiger partial charge on any atom is -0.208 e. The van der Waals surface area contributed by atoms with Crippen molar-refractivity contribution >= 4 is 17.6 Å². The van der Waals surface area contributed by atoms with Crippen LogP contribution in [0.5, 0.6) is 0 Å². The third-order valence-electron chi connectivity index (χ3n) is 5.38. The summed E-state index contributed by atoms with van der Waals surface area (Å²) in [5, 5.41) is 0. The molecule has 0 amide bonds. The Morgan fingerprint density at radius 2 is 1.39 bits per heavy atom. The Morgan fingerprint density at radius 3 is 1.87 bits per heavy atom. The highest BCUT2D eigenvalue weighted by atomic mass is 14.1. The van der Waals surface area contributed by atoms with Gasteiger partial charge in [0.15, 0.2) is 0 Å². The molecule has 23 heavy (non-hydrogen) atoms. The van der Waals surface area contributed by atoms with E-state index in [0.29, 0.717) is 0 Å². The number of hydrogen-bond donors (Lipinski definition) is 0. The maximum atomic E-state index is 2.48. The number of aryl methyl sites for hydroxylation is 3. The Kier molecular flexibility index (Phi) is 6.96. The Morgan fingerprint density at radius 1 is 0.783 bits per heavy atom. The SMILES string of the molecule is CCCC[BH-](c1ccccc1)c1c(CC)cc(CC)cc1CC. The van der Waals surface area contributed by atoms with Gasteiger partial charge in [-0.05, 0) is 24.8 Å². The van der Waals surface area contributed by atoms with E-state index in [0.717, 1.165) is 19.3 Å². The lowest BCUT2D eigenvalue weighted by Gasteiger charge is -2.31. The van der Waals surface area contributed by atoms with Gasteiger partial charge in [-0.15, -0.1) is 0 Å². The second-order valence-corrected chi connectivity index (χ2v) is 6.82. The van der Waals surface area contributed by atoms with Crippen LogP contribution in [0.15, 0.2) is 42.5 Å². The highest BCUT2D eigenvalue weighted by Gasteiger charge is 2.14. The molecule has 1 heteroatoms. The smallest absolute Gasteiger partial charge is 0.0403 e. The van der Waals surface area contributed by atoms with E-state index in [4.69, 9.17) is 0 Å². The molecule has 0 nitrogen and oxygen atoms in total. The van der Waals surface area contributed by atoms with Gasteiger partial charge in [0, 0.05) is 6.71 Å². The van der Waals surface area contributed by atoms with Crippen molar-refractivity contribution in [2.75, 3.05) is 0 Å². The molecule has 1 unspecified atom stereocenters. The van der Waals surface area contributed by atoms with Crippen LogP contribution in [0.25, 0.3) is 0 Å². The fraction of sp³-hybridized carbons (Fsp3) is 0.455. The van der Waals surface area contributed by atoms with Crippen molar-refractivity contribution in [2.45, 2.75) is 66.1 Å². The Balaban J connectivity index is 2.57. The van der Waals surface area contributed by atoms with Gasteiger partial charge in [0.05, 0.1) is 0 Å². The van der Waals surface area contributed by atoms with Gasteiger partial charge in [-0.2, -0.15) is 6.32 Å². The molecule has 0 saturated heterocycles. The van der Waals surface area contributed by atoms with Crippen LogP contribution in [0.1, 0.15) is 57.2 Å². The van der Waals surface area contributed by atoms with Gasteiger partial charge >= 0.3 is 0 Å². The van der Waals surface area contributed by atoms with Crippen LogP contribution in [0.3, 0.4) is 0 Å². The van der Waals surface area contributed by atoms with Crippen LogP contribution < -0.4 is 10.9 Å². The Labute approximate surface area is 143 Å². The highest BCUT2D eigenvalue weighted by Crippen LogP contribution is 2.15. The highest BCUT2D eigenvalue weighted by molar-refractivity contribution is 6.85. The summed E-state index contributed by atoms with van der Waals surface area (Å²) < 4.78 is 0. The summed E-state index contributed by atoms with van der Waals surface area (Å²) >= 11 is 0. The van der Waals surface area contributed by atoms with Gasteiger partial charge in [0.25, 0.3) is 0 Å². The molecule has 2 aromatic carbocycles. The van der Waals surface area contributed by atoms with Gasteiger partial charge in [-0.1, -0.05) is 94.1 Å². The second kappa shape index (κ2) is 8.96. The van der Waals surface area contributed by atoms with Crippen molar-refractivity contribution in [3.8, 4) is 0 Å². The average molecular weight is 307 g/mol. The molecule has 0 bridgehead atoms. The third kappa shape index (κ3) is 4.28. The van der Waals surface area contributed by atoms with Crippen LogP contribution in [0.4, 0.5) is 0 Å². The summed E-state index contributed by atoms with van der Waals surface area (Å²) in [5.74, 6) is 0. The van der Waals surface area contributed by atoms with Crippen LogP contribution in [0.2, 0.25) is 6.32 Å². The minimum absolute atomic E-state index is 0.449. The first-order chi connectivity index (χ1) is 11.2. The van der Waals surface area contributed by atoms with Crippen LogP contribution in [-0.4, -0.2) is 6.71 Å². The quantitative estimate of drug-likeness (QED) is 0.629. The molecule has 0 saturated carbocycles. The summed E-state index contributed by atoms with van der Waals surface area (Å²) in [6.45, 7) is 8.77. The molecule has 0 spiro atoms. The third-order valence-corrected chi connectivity index (χ3v) is 5.38. The predicted octanol–water partition coefficient (Wildman–Crippen LogP) is 4.52. The molecule has 1 atom stereocenters. The zero-order chi connectivity index (χ0) is 16.7. The van der Waals surface area contributed by atoms with Gasteiger partial charge in [-0.25, -0.2) is 10.9 Å². The van der Waals surface area contributed by atoms with Gasteiger partial charge in [-0.3, -0.25) is 0 Å². The molecular formula is C22H32B-. The predicted molar refractivity (Wildman–Crippen MR) is 107 cm³/mol. The first-order valence-corrected chi connectivity index (χ1v) is 9.66. The lowest BCUT2D eigenvalue weighted by atomic mass is 9.36. The van der Waals surface area contributed by atoms with Gasteiger partial charge in [0.2, 0.25) is 0 Å². The maximum absolute atomic E-state index is 2.48. The van der Waals surface area contributed by atoms with E-state index in [9.17, 15) is 0 Å². The average Bonchev–Trinajstić information content (AvgIpc) is 2.62. The lowest BCUT2D eigenvalue weighted by Crippen LogP contribution is -2.45. The number of rotatable bonds is 8. The maximum Gasteiger partial charge on any atom is 0.0403 e. The van der Waals surface area contributed by atoms with E-state index in [1.807, 2.05) is 0 Å². The molecule has 2 rings (SSSR count). The molecule has 0 aliphatic heterocycles. The molecule has 0 aliphatic carbocycles. The fourth-order valence-electron chi connectivity index (χ4n) is 4.10. The molecule has 0 N–H and O–H groups in total. The van der Waals surface area contributed by atoms with E-state index in [2.05, 4.69) is 70.2 Å². The zero-order valence-corrected chi connectivity index (χ0v) is 15.5. The van der Waals surface area contributed by atoms with Crippen LogP contribution in [-0.2, 0) is 19.3 Å². The Bertz CT molecular complexity index is 576. The van der Waals surface area contributed by atoms with E-state index < -0.39 is 6.71 Å². The Hall–Kier alpha value is -1.50. The monoisotopic (exact) mass is 307 g/mol. The van der Waals surface area contributed by atoms with Crippen molar-refractivity contribution in [3.63, 3.8) is 0 Å². The van der Waals surface area contributed by atoms with Gasteiger partial charge in [0.1, 0.15) is 0 Å². The molecule has 0 aromatic heterocycles. The molecule has 0 radical (unpaired) electrons. The summed E-state index contributed by atoms with van der Waals surface area (Å²) in [7, 11) is 0. The summed E-state index contributed by atoms with van der Waals surface area (Å²) in [5.41, 5.74) is 7.97. The van der Waals surface area contributed by atoms with Crippen molar-refractivity contribution in [2.24, 2.45) is 0 Å². The van der Waals surface area contributed by atoms with Crippen molar-refractivity contribution in [1.29, 1.82) is 0 Å². The first kappa shape index (κ1) is 17.9.